The summed E-state index contributed by atoms with van der Waals surface area (Å²) in [6.45, 7) is 0. The molecule has 144 valence electrons. The number of oxazole rings is 1. The predicted molar refractivity (Wildman–Crippen MR) is 88.3 cm³/mol. The zero-order valence-electron chi connectivity index (χ0n) is 13.1. The molecule has 2 N–H and O–H groups in total. The second-order valence-electron chi connectivity index (χ2n) is 5.01. The van der Waals surface area contributed by atoms with Crippen LogP contribution < -0.4 is 10.6 Å². The second-order valence-corrected chi connectivity index (χ2v) is 6.11. The topological polar surface area (TPSA) is 101 Å². The molecule has 0 saturated heterocycles. The predicted octanol–water partition coefficient (Wildman–Crippen LogP) is 2.80. The van der Waals surface area contributed by atoms with Crippen LogP contribution in [0.3, 0.4) is 0 Å². The Labute approximate surface area is 159 Å². The van der Waals surface area contributed by atoms with E-state index in [4.69, 9.17) is 27.6 Å². The Morgan fingerprint density at radius 1 is 1.15 bits per heavy atom. The van der Waals surface area contributed by atoms with E-state index >= 15 is 0 Å². The summed E-state index contributed by atoms with van der Waals surface area (Å²) < 4.78 is 43.3. The Bertz CT molecular complexity index is 841. The number of carbonyl (C=O) groups is 3. The molecule has 12 heteroatoms. The maximum atomic E-state index is 12.8. The largest absolute Gasteiger partial charge is 0.432 e. The fourth-order valence-corrected chi connectivity index (χ4v) is 2.06. The van der Waals surface area contributed by atoms with Crippen LogP contribution in [0.5, 0.6) is 0 Å². The highest BCUT2D eigenvalue weighted by Crippen LogP contribution is 2.29. The Kier molecular flexibility index (Phi) is 6.45. The molecule has 0 radical (unpaired) electrons. The van der Waals surface area contributed by atoms with Crippen LogP contribution in [0.1, 0.15) is 15.9 Å². The molecular formula is C15H10Cl2F3N3O4. The van der Waals surface area contributed by atoms with Gasteiger partial charge in [-0.2, -0.15) is 13.2 Å². The maximum absolute atomic E-state index is 12.8. The number of nitrogens with one attached hydrogen (secondary N) is 2. The third kappa shape index (κ3) is 5.44. The van der Waals surface area contributed by atoms with Crippen molar-refractivity contribution in [3.05, 3.63) is 47.9 Å². The van der Waals surface area contributed by atoms with Gasteiger partial charge in [-0.3, -0.25) is 19.7 Å². The van der Waals surface area contributed by atoms with E-state index in [0.29, 0.717) is 6.07 Å². The van der Waals surface area contributed by atoms with Gasteiger partial charge in [0, 0.05) is 5.56 Å². The van der Waals surface area contributed by atoms with E-state index in [0.717, 1.165) is 24.5 Å². The lowest BCUT2D eigenvalue weighted by molar-refractivity contribution is -0.137. The van der Waals surface area contributed by atoms with Gasteiger partial charge in [0.1, 0.15) is 6.26 Å². The smallest absolute Gasteiger partial charge is 0.416 e. The number of halogens is 5. The van der Waals surface area contributed by atoms with E-state index in [1.807, 2.05) is 5.32 Å². The number of carbonyl (C=O) groups excluding carboxylic acids is 3. The minimum absolute atomic E-state index is 0.288. The van der Waals surface area contributed by atoms with E-state index in [2.05, 4.69) is 10.3 Å². The first-order chi connectivity index (χ1) is 12.6. The van der Waals surface area contributed by atoms with Gasteiger partial charge in [-0.15, -0.1) is 0 Å². The van der Waals surface area contributed by atoms with Crippen molar-refractivity contribution in [2.75, 3.05) is 5.32 Å². The summed E-state index contributed by atoms with van der Waals surface area (Å²) in [6, 6.07) is 1.15. The van der Waals surface area contributed by atoms with Crippen molar-refractivity contribution in [2.45, 2.75) is 17.1 Å². The molecule has 0 spiro atoms. The number of anilines is 1. The van der Waals surface area contributed by atoms with Crippen molar-refractivity contribution in [3.8, 4) is 0 Å². The number of alkyl halides is 5. The number of ketones is 1. The monoisotopic (exact) mass is 423 g/mol. The normalized spacial score (nSPS) is 12.5. The van der Waals surface area contributed by atoms with Gasteiger partial charge >= 0.3 is 12.2 Å². The van der Waals surface area contributed by atoms with E-state index in [1.165, 1.54) is 6.20 Å². The van der Waals surface area contributed by atoms with Crippen LogP contribution in [0.15, 0.2) is 41.1 Å². The molecular weight excluding hydrogens is 414 g/mol. The summed E-state index contributed by atoms with van der Waals surface area (Å²) in [7, 11) is 0. The molecule has 1 aromatic carbocycles. The Morgan fingerprint density at radius 3 is 2.41 bits per heavy atom. The zero-order valence-corrected chi connectivity index (χ0v) is 14.6. The molecule has 1 heterocycles. The highest BCUT2D eigenvalue weighted by atomic mass is 35.5. The van der Waals surface area contributed by atoms with E-state index < -0.39 is 45.8 Å². The molecule has 1 aromatic heterocycles. The molecule has 1 unspecified atom stereocenters. The Hall–Kier alpha value is -2.59. The minimum Gasteiger partial charge on any atom is -0.432 e. The van der Waals surface area contributed by atoms with Crippen molar-refractivity contribution in [2.24, 2.45) is 0 Å². The summed E-state index contributed by atoms with van der Waals surface area (Å²) in [4.78, 5) is 38.6. The second kappa shape index (κ2) is 8.40. The molecule has 0 fully saturated rings. The summed E-state index contributed by atoms with van der Waals surface area (Å²) in [5.74, 6) is -3.32. The summed E-state index contributed by atoms with van der Waals surface area (Å²) in [5, 5.41) is 4.07. The van der Waals surface area contributed by atoms with Crippen LogP contribution >= 0.6 is 23.2 Å². The van der Waals surface area contributed by atoms with Crippen molar-refractivity contribution in [1.29, 1.82) is 0 Å². The lowest BCUT2D eigenvalue weighted by Gasteiger charge is -2.17. The number of amides is 2. The maximum Gasteiger partial charge on any atom is 0.416 e. The number of rotatable bonds is 6. The molecule has 0 saturated carbocycles. The standard InChI is InChI=1S/C15H10Cl2F3N3O4/c16-11(17)13(26)22-9(12(25)23-14-21-4-5-27-14)10(24)7-2-1-3-8(6-7)15(18,19)20/h1-6,9,11H,(H,22,26)(H,21,23,25). The van der Waals surface area contributed by atoms with Gasteiger partial charge in [-0.1, -0.05) is 35.3 Å². The van der Waals surface area contributed by atoms with Crippen LogP contribution in [0, 0.1) is 0 Å². The highest BCUT2D eigenvalue weighted by molar-refractivity contribution is 6.53. The molecule has 0 aliphatic carbocycles. The van der Waals surface area contributed by atoms with Gasteiger partial charge in [-0.05, 0) is 12.1 Å². The minimum atomic E-state index is -4.70. The zero-order chi connectivity index (χ0) is 20.2. The number of nitrogens with zero attached hydrogens (tertiary/aromatic N) is 1. The van der Waals surface area contributed by atoms with Crippen molar-refractivity contribution in [3.63, 3.8) is 0 Å². The van der Waals surface area contributed by atoms with Crippen LogP contribution in [0.4, 0.5) is 19.2 Å². The van der Waals surface area contributed by atoms with E-state index in [-0.39, 0.29) is 6.01 Å². The van der Waals surface area contributed by atoms with E-state index in [1.54, 1.807) is 0 Å². The number of hydrogen-bond donors (Lipinski definition) is 2. The molecule has 2 amide bonds. The average molecular weight is 424 g/mol. The molecule has 0 aliphatic heterocycles. The van der Waals surface area contributed by atoms with Gasteiger partial charge in [0.05, 0.1) is 11.8 Å². The molecule has 7 nitrogen and oxygen atoms in total. The highest BCUT2D eigenvalue weighted by Gasteiger charge is 2.34. The van der Waals surface area contributed by atoms with Gasteiger partial charge < -0.3 is 9.73 Å². The van der Waals surface area contributed by atoms with Gasteiger partial charge in [0.15, 0.2) is 16.7 Å². The number of benzene rings is 1. The lowest BCUT2D eigenvalue weighted by Crippen LogP contribution is -2.50. The van der Waals surface area contributed by atoms with Crippen LogP contribution in [0.2, 0.25) is 0 Å². The van der Waals surface area contributed by atoms with Crippen LogP contribution in [-0.4, -0.2) is 33.5 Å². The van der Waals surface area contributed by atoms with Crippen molar-refractivity contribution < 1.29 is 32.0 Å². The van der Waals surface area contributed by atoms with Gasteiger partial charge in [0.2, 0.25) is 0 Å². The molecule has 2 aromatic rings. The molecule has 2 rings (SSSR count). The molecule has 27 heavy (non-hydrogen) atoms. The summed E-state index contributed by atoms with van der Waals surface area (Å²) in [5.41, 5.74) is -1.56. The van der Waals surface area contributed by atoms with Crippen molar-refractivity contribution in [1.82, 2.24) is 10.3 Å². The van der Waals surface area contributed by atoms with E-state index in [9.17, 15) is 27.6 Å². The fraction of sp³-hybridized carbons (Fsp3) is 0.200. The Balaban J connectivity index is 2.32. The first-order valence-electron chi connectivity index (χ1n) is 7.10. The van der Waals surface area contributed by atoms with Crippen LogP contribution in [-0.2, 0) is 15.8 Å². The van der Waals surface area contributed by atoms with Gasteiger partial charge in [0.25, 0.3) is 11.8 Å². The Morgan fingerprint density at radius 2 is 1.85 bits per heavy atom. The summed E-state index contributed by atoms with van der Waals surface area (Å²) >= 11 is 10.8. The SMILES string of the molecule is O=C(NC(C(=O)Nc1ncco1)C(=O)c1cccc(C(F)(F)F)c1)C(Cl)Cl. The average Bonchev–Trinajstić information content (AvgIpc) is 3.11. The fourth-order valence-electron chi connectivity index (χ4n) is 1.93. The lowest BCUT2D eigenvalue weighted by atomic mass is 10.0. The quantitative estimate of drug-likeness (QED) is 0.422. The molecule has 1 atom stereocenters. The third-order valence-electron chi connectivity index (χ3n) is 3.15. The number of Topliss-reactive ketones (excluding diaryl/α,β-unsaturated/α-hetero) is 1. The van der Waals surface area contributed by atoms with Gasteiger partial charge in [-0.25, -0.2) is 4.98 Å². The number of aromatic nitrogens is 1. The third-order valence-corrected chi connectivity index (χ3v) is 3.54. The van der Waals surface area contributed by atoms with Crippen molar-refractivity contribution >= 4 is 46.8 Å². The molecule has 0 bridgehead atoms. The molecule has 0 aliphatic rings. The summed E-state index contributed by atoms with van der Waals surface area (Å²) in [6.07, 6.45) is -2.37. The first kappa shape index (κ1) is 20.7. The number of hydrogen-bond acceptors (Lipinski definition) is 5. The van der Waals surface area contributed by atoms with Crippen LogP contribution in [0.25, 0.3) is 0 Å². The first-order valence-corrected chi connectivity index (χ1v) is 7.97.